The van der Waals surface area contributed by atoms with E-state index >= 15 is 0 Å². The van der Waals surface area contributed by atoms with Gasteiger partial charge >= 0.3 is 0 Å². The molecule has 0 aliphatic heterocycles. The summed E-state index contributed by atoms with van der Waals surface area (Å²) in [5.41, 5.74) is 2.40. The average Bonchev–Trinajstić information content (AvgIpc) is 2.98. The molecule has 2 rings (SSSR count). The molecule has 0 saturated heterocycles. The smallest absolute Gasteiger partial charge is 0.277 e. The molecule has 20 heavy (non-hydrogen) atoms. The molecule has 0 aliphatic carbocycles. The van der Waals surface area contributed by atoms with Crippen molar-refractivity contribution in [2.45, 2.75) is 0 Å². The molecule has 0 atom stereocenters. The van der Waals surface area contributed by atoms with Crippen molar-refractivity contribution in [2.75, 3.05) is 13.7 Å². The van der Waals surface area contributed by atoms with E-state index in [0.717, 1.165) is 4.88 Å². The van der Waals surface area contributed by atoms with E-state index in [9.17, 15) is 4.79 Å². The van der Waals surface area contributed by atoms with Gasteiger partial charge in [-0.1, -0.05) is 18.2 Å². The van der Waals surface area contributed by atoms with Gasteiger partial charge in [-0.2, -0.15) is 5.10 Å². The molecule has 1 aromatic carbocycles. The Morgan fingerprint density at radius 2 is 2.10 bits per heavy atom. The lowest BCUT2D eigenvalue weighted by atomic mass is 10.3. The van der Waals surface area contributed by atoms with E-state index in [1.165, 1.54) is 0 Å². The van der Waals surface area contributed by atoms with Gasteiger partial charge in [0.1, 0.15) is 0 Å². The second-order valence-corrected chi connectivity index (χ2v) is 4.73. The van der Waals surface area contributed by atoms with Crippen molar-refractivity contribution >= 4 is 23.5 Å². The zero-order valence-corrected chi connectivity index (χ0v) is 11.7. The highest BCUT2D eigenvalue weighted by atomic mass is 32.1. The molecule has 104 valence electrons. The minimum Gasteiger partial charge on any atom is -0.493 e. The minimum atomic E-state index is -0.330. The summed E-state index contributed by atoms with van der Waals surface area (Å²) in [7, 11) is 1.55. The van der Waals surface area contributed by atoms with E-state index < -0.39 is 0 Å². The number of carbonyl (C=O) groups excluding carboxylic acids is 1. The van der Waals surface area contributed by atoms with E-state index in [4.69, 9.17) is 9.47 Å². The van der Waals surface area contributed by atoms with Crippen LogP contribution in [0.25, 0.3) is 0 Å². The van der Waals surface area contributed by atoms with Crippen LogP contribution >= 0.6 is 11.3 Å². The second-order valence-electron chi connectivity index (χ2n) is 3.75. The number of hydrogen-bond acceptors (Lipinski definition) is 5. The van der Waals surface area contributed by atoms with Crippen LogP contribution in [0.2, 0.25) is 0 Å². The monoisotopic (exact) mass is 290 g/mol. The van der Waals surface area contributed by atoms with Crippen LogP contribution in [-0.4, -0.2) is 25.8 Å². The predicted molar refractivity (Wildman–Crippen MR) is 78.5 cm³/mol. The molecule has 0 saturated carbocycles. The number of hydrogen-bond donors (Lipinski definition) is 1. The van der Waals surface area contributed by atoms with Crippen LogP contribution in [-0.2, 0) is 4.79 Å². The molecule has 2 aromatic rings. The van der Waals surface area contributed by atoms with Crippen LogP contribution in [0.15, 0.2) is 46.9 Å². The van der Waals surface area contributed by atoms with E-state index in [1.54, 1.807) is 36.8 Å². The largest absolute Gasteiger partial charge is 0.493 e. The van der Waals surface area contributed by atoms with Crippen LogP contribution < -0.4 is 14.9 Å². The first-order valence-corrected chi connectivity index (χ1v) is 6.79. The molecule has 0 unspecified atom stereocenters. The first-order valence-electron chi connectivity index (χ1n) is 5.91. The lowest BCUT2D eigenvalue weighted by Crippen LogP contribution is -2.24. The molecule has 1 N–H and O–H groups in total. The van der Waals surface area contributed by atoms with E-state index in [-0.39, 0.29) is 12.5 Å². The summed E-state index contributed by atoms with van der Waals surface area (Å²) in [6, 6.07) is 11.0. The van der Waals surface area contributed by atoms with Crippen molar-refractivity contribution in [3.63, 3.8) is 0 Å². The van der Waals surface area contributed by atoms with Crippen LogP contribution in [0.1, 0.15) is 4.88 Å². The van der Waals surface area contributed by atoms with Gasteiger partial charge in [-0.3, -0.25) is 4.79 Å². The number of amides is 1. The van der Waals surface area contributed by atoms with Crippen LogP contribution in [0, 0.1) is 0 Å². The molecule has 6 heteroatoms. The van der Waals surface area contributed by atoms with Gasteiger partial charge < -0.3 is 9.47 Å². The highest BCUT2D eigenvalue weighted by Gasteiger charge is 2.05. The lowest BCUT2D eigenvalue weighted by Gasteiger charge is -2.08. The van der Waals surface area contributed by atoms with Gasteiger partial charge in [0, 0.05) is 4.88 Å². The van der Waals surface area contributed by atoms with E-state index in [2.05, 4.69) is 10.5 Å². The van der Waals surface area contributed by atoms with Gasteiger partial charge in [-0.15, -0.1) is 11.3 Å². The van der Waals surface area contributed by atoms with E-state index in [0.29, 0.717) is 11.5 Å². The number of ether oxygens (including phenoxy) is 2. The molecule has 0 radical (unpaired) electrons. The third kappa shape index (κ3) is 4.10. The van der Waals surface area contributed by atoms with Gasteiger partial charge in [0.05, 0.1) is 13.3 Å². The summed E-state index contributed by atoms with van der Waals surface area (Å²) in [6.45, 7) is -0.123. The quantitative estimate of drug-likeness (QED) is 0.656. The standard InChI is InChI=1S/C14H14N2O3S/c1-18-12-6-2-3-7-13(12)19-10-14(17)16-15-9-11-5-4-8-20-11/h2-9H,10H2,1H3,(H,16,17)/b15-9-. The van der Waals surface area contributed by atoms with Crippen LogP contribution in [0.3, 0.4) is 0 Å². The van der Waals surface area contributed by atoms with Crippen molar-refractivity contribution in [1.82, 2.24) is 5.43 Å². The molecule has 1 heterocycles. The molecular formula is C14H14N2O3S. The third-order valence-electron chi connectivity index (χ3n) is 2.35. The van der Waals surface area contributed by atoms with Crippen molar-refractivity contribution in [3.8, 4) is 11.5 Å². The minimum absolute atomic E-state index is 0.123. The molecule has 0 bridgehead atoms. The first-order chi connectivity index (χ1) is 9.79. The molecular weight excluding hydrogens is 276 g/mol. The maximum atomic E-state index is 11.6. The molecule has 5 nitrogen and oxygen atoms in total. The van der Waals surface area contributed by atoms with Crippen LogP contribution in [0.5, 0.6) is 11.5 Å². The SMILES string of the molecule is COc1ccccc1OCC(=O)N/N=C\c1cccs1. The molecule has 0 spiro atoms. The number of nitrogens with zero attached hydrogens (tertiary/aromatic N) is 1. The van der Waals surface area contributed by atoms with Crippen molar-refractivity contribution in [3.05, 3.63) is 46.7 Å². The Bertz CT molecular complexity index is 582. The summed E-state index contributed by atoms with van der Waals surface area (Å²) < 4.78 is 10.5. The third-order valence-corrected chi connectivity index (χ3v) is 3.16. The average molecular weight is 290 g/mol. The fourth-order valence-electron chi connectivity index (χ4n) is 1.45. The highest BCUT2D eigenvalue weighted by molar-refractivity contribution is 7.11. The summed E-state index contributed by atoms with van der Waals surface area (Å²) in [5, 5.41) is 5.78. The maximum absolute atomic E-state index is 11.6. The molecule has 1 amide bonds. The number of rotatable bonds is 6. The normalized spacial score (nSPS) is 10.4. The van der Waals surface area contributed by atoms with Crippen molar-refractivity contribution in [1.29, 1.82) is 0 Å². The zero-order valence-electron chi connectivity index (χ0n) is 10.9. The number of para-hydroxylation sites is 2. The number of carbonyl (C=O) groups is 1. The maximum Gasteiger partial charge on any atom is 0.277 e. The first kappa shape index (κ1) is 14.1. The number of hydrazone groups is 1. The van der Waals surface area contributed by atoms with E-state index in [1.807, 2.05) is 29.6 Å². The Labute approximate surface area is 120 Å². The molecule has 0 fully saturated rings. The topological polar surface area (TPSA) is 59.9 Å². The van der Waals surface area contributed by atoms with Gasteiger partial charge in [-0.05, 0) is 23.6 Å². The fraction of sp³-hybridized carbons (Fsp3) is 0.143. The Kier molecular flexibility index (Phi) is 5.14. The summed E-state index contributed by atoms with van der Waals surface area (Å²) in [5.74, 6) is 0.776. The molecule has 0 aliphatic rings. The highest BCUT2D eigenvalue weighted by Crippen LogP contribution is 2.25. The van der Waals surface area contributed by atoms with Crippen molar-refractivity contribution in [2.24, 2.45) is 5.10 Å². The van der Waals surface area contributed by atoms with Gasteiger partial charge in [-0.25, -0.2) is 5.43 Å². The second kappa shape index (κ2) is 7.30. The summed E-state index contributed by atoms with van der Waals surface area (Å²) >= 11 is 1.54. The fourth-order valence-corrected chi connectivity index (χ4v) is 2.03. The lowest BCUT2D eigenvalue weighted by molar-refractivity contribution is -0.123. The summed E-state index contributed by atoms with van der Waals surface area (Å²) in [6.07, 6.45) is 1.59. The Balaban J connectivity index is 1.80. The Morgan fingerprint density at radius 1 is 1.30 bits per heavy atom. The van der Waals surface area contributed by atoms with Crippen LogP contribution in [0.4, 0.5) is 0 Å². The number of benzene rings is 1. The number of thiophene rings is 1. The Morgan fingerprint density at radius 3 is 2.80 bits per heavy atom. The number of nitrogens with one attached hydrogen (secondary N) is 1. The summed E-state index contributed by atoms with van der Waals surface area (Å²) in [4.78, 5) is 12.5. The zero-order chi connectivity index (χ0) is 14.2. The Hall–Kier alpha value is -2.34. The van der Waals surface area contributed by atoms with Gasteiger partial charge in [0.2, 0.25) is 0 Å². The molecule has 1 aromatic heterocycles. The van der Waals surface area contributed by atoms with Crippen molar-refractivity contribution < 1.29 is 14.3 Å². The predicted octanol–water partition coefficient (Wildman–Crippen LogP) is 2.29. The van der Waals surface area contributed by atoms with Gasteiger partial charge in [0.25, 0.3) is 5.91 Å². The number of methoxy groups -OCH3 is 1. The van der Waals surface area contributed by atoms with Gasteiger partial charge in [0.15, 0.2) is 18.1 Å².